The van der Waals surface area contributed by atoms with Crippen molar-refractivity contribution in [2.75, 3.05) is 6.54 Å². The van der Waals surface area contributed by atoms with Crippen LogP contribution in [0.15, 0.2) is 47.5 Å². The summed E-state index contributed by atoms with van der Waals surface area (Å²) in [6.07, 6.45) is 8.18. The SMILES string of the molecule is Brc1ccccc1C1CC(NCCn2ccnc2)C1. The Hall–Kier alpha value is -1.13. The zero-order valence-corrected chi connectivity index (χ0v) is 12.4. The number of hydrogen-bond donors (Lipinski definition) is 1. The molecule has 0 bridgehead atoms. The topological polar surface area (TPSA) is 29.9 Å². The molecule has 1 aliphatic carbocycles. The van der Waals surface area contributed by atoms with Gasteiger partial charge in [-0.3, -0.25) is 0 Å². The highest BCUT2D eigenvalue weighted by atomic mass is 79.9. The molecule has 0 spiro atoms. The molecular weight excluding hydrogens is 302 g/mol. The number of rotatable bonds is 5. The van der Waals surface area contributed by atoms with Gasteiger partial charge in [-0.1, -0.05) is 34.1 Å². The van der Waals surface area contributed by atoms with Crippen LogP contribution in [0, 0.1) is 0 Å². The minimum atomic E-state index is 0.667. The summed E-state index contributed by atoms with van der Waals surface area (Å²) in [5.41, 5.74) is 1.45. The first kappa shape index (κ1) is 12.9. The number of benzene rings is 1. The van der Waals surface area contributed by atoms with Crippen LogP contribution >= 0.6 is 15.9 Å². The molecule has 0 amide bonds. The molecule has 19 heavy (non-hydrogen) atoms. The Morgan fingerprint density at radius 2 is 2.16 bits per heavy atom. The van der Waals surface area contributed by atoms with Gasteiger partial charge in [0.25, 0.3) is 0 Å². The van der Waals surface area contributed by atoms with Gasteiger partial charge < -0.3 is 9.88 Å². The predicted molar refractivity (Wildman–Crippen MR) is 80.1 cm³/mol. The molecule has 1 aliphatic rings. The molecule has 1 aromatic carbocycles. The largest absolute Gasteiger partial charge is 0.336 e. The normalized spacial score (nSPS) is 22.2. The van der Waals surface area contributed by atoms with Crippen LogP contribution in [-0.4, -0.2) is 22.1 Å². The number of nitrogens with one attached hydrogen (secondary N) is 1. The fraction of sp³-hybridized carbons (Fsp3) is 0.400. The molecule has 0 atom stereocenters. The highest BCUT2D eigenvalue weighted by Gasteiger charge is 2.30. The van der Waals surface area contributed by atoms with E-state index < -0.39 is 0 Å². The molecule has 0 unspecified atom stereocenters. The molecule has 1 fully saturated rings. The maximum atomic E-state index is 4.05. The van der Waals surface area contributed by atoms with Crippen LogP contribution in [0.2, 0.25) is 0 Å². The summed E-state index contributed by atoms with van der Waals surface area (Å²) in [6.45, 7) is 2.01. The third kappa shape index (κ3) is 3.07. The molecule has 1 N–H and O–H groups in total. The molecule has 1 saturated carbocycles. The lowest BCUT2D eigenvalue weighted by Crippen LogP contribution is -2.41. The zero-order chi connectivity index (χ0) is 13.1. The second-order valence-corrected chi connectivity index (χ2v) is 6.00. The Labute approximate surface area is 122 Å². The number of halogens is 1. The van der Waals surface area contributed by atoms with E-state index in [-0.39, 0.29) is 0 Å². The molecule has 3 nitrogen and oxygen atoms in total. The molecule has 1 aromatic heterocycles. The van der Waals surface area contributed by atoms with Crippen molar-refractivity contribution >= 4 is 15.9 Å². The fourth-order valence-electron chi connectivity index (χ4n) is 2.66. The maximum Gasteiger partial charge on any atom is 0.0946 e. The van der Waals surface area contributed by atoms with Crippen molar-refractivity contribution < 1.29 is 0 Å². The first-order valence-electron chi connectivity index (χ1n) is 6.76. The molecule has 0 saturated heterocycles. The fourth-order valence-corrected chi connectivity index (χ4v) is 3.27. The molecule has 0 radical (unpaired) electrons. The van der Waals surface area contributed by atoms with Gasteiger partial charge in [-0.2, -0.15) is 0 Å². The van der Waals surface area contributed by atoms with E-state index in [2.05, 4.69) is 55.1 Å². The second-order valence-electron chi connectivity index (χ2n) is 5.14. The summed E-state index contributed by atoms with van der Waals surface area (Å²) in [5, 5.41) is 3.61. The number of imidazole rings is 1. The molecule has 2 aromatic rings. The van der Waals surface area contributed by atoms with Gasteiger partial charge in [-0.15, -0.1) is 0 Å². The lowest BCUT2D eigenvalue weighted by atomic mass is 9.76. The second kappa shape index (κ2) is 5.88. The highest BCUT2D eigenvalue weighted by molar-refractivity contribution is 9.10. The standard InChI is InChI=1S/C15H18BrN3/c16-15-4-2-1-3-14(15)12-9-13(10-12)18-6-8-19-7-5-17-11-19/h1-5,7,11-13,18H,6,8-10H2. The van der Waals surface area contributed by atoms with Crippen LogP contribution in [0.25, 0.3) is 0 Å². The van der Waals surface area contributed by atoms with Crippen LogP contribution in [-0.2, 0) is 6.54 Å². The Morgan fingerprint density at radius 1 is 1.32 bits per heavy atom. The van der Waals surface area contributed by atoms with Crippen molar-refractivity contribution in [2.24, 2.45) is 0 Å². The van der Waals surface area contributed by atoms with E-state index in [0.29, 0.717) is 12.0 Å². The lowest BCUT2D eigenvalue weighted by molar-refractivity contribution is 0.287. The van der Waals surface area contributed by atoms with Crippen molar-refractivity contribution in [1.29, 1.82) is 0 Å². The molecular formula is C15H18BrN3. The Morgan fingerprint density at radius 3 is 2.89 bits per heavy atom. The summed E-state index contributed by atoms with van der Waals surface area (Å²) in [7, 11) is 0. The van der Waals surface area contributed by atoms with E-state index >= 15 is 0 Å². The zero-order valence-electron chi connectivity index (χ0n) is 10.8. The van der Waals surface area contributed by atoms with Gasteiger partial charge in [0.05, 0.1) is 6.33 Å². The monoisotopic (exact) mass is 319 g/mol. The van der Waals surface area contributed by atoms with Gasteiger partial charge >= 0.3 is 0 Å². The summed E-state index contributed by atoms with van der Waals surface area (Å²) < 4.78 is 3.36. The first-order valence-corrected chi connectivity index (χ1v) is 7.56. The van der Waals surface area contributed by atoms with E-state index in [1.165, 1.54) is 22.9 Å². The predicted octanol–water partition coefficient (Wildman–Crippen LogP) is 3.18. The Kier molecular flexibility index (Phi) is 3.99. The van der Waals surface area contributed by atoms with E-state index in [4.69, 9.17) is 0 Å². The molecule has 3 rings (SSSR count). The van der Waals surface area contributed by atoms with Crippen molar-refractivity contribution in [3.05, 3.63) is 53.0 Å². The van der Waals surface area contributed by atoms with E-state index in [1.807, 2.05) is 18.7 Å². The van der Waals surface area contributed by atoms with Crippen LogP contribution in [0.1, 0.15) is 24.3 Å². The summed E-state index contributed by atoms with van der Waals surface area (Å²) in [4.78, 5) is 4.05. The number of hydrogen-bond acceptors (Lipinski definition) is 2. The van der Waals surface area contributed by atoms with Crippen molar-refractivity contribution in [2.45, 2.75) is 31.3 Å². The minimum Gasteiger partial charge on any atom is -0.336 e. The van der Waals surface area contributed by atoms with Crippen LogP contribution in [0.4, 0.5) is 0 Å². The lowest BCUT2D eigenvalue weighted by Gasteiger charge is -2.37. The molecule has 0 aliphatic heterocycles. The van der Waals surface area contributed by atoms with Crippen molar-refractivity contribution in [3.8, 4) is 0 Å². The van der Waals surface area contributed by atoms with Crippen molar-refractivity contribution in [3.63, 3.8) is 0 Å². The summed E-state index contributed by atoms with van der Waals surface area (Å²) in [5.74, 6) is 0.710. The van der Waals surface area contributed by atoms with E-state index in [0.717, 1.165) is 13.1 Å². The van der Waals surface area contributed by atoms with Gasteiger partial charge in [0.15, 0.2) is 0 Å². The van der Waals surface area contributed by atoms with Gasteiger partial charge in [-0.05, 0) is 30.4 Å². The van der Waals surface area contributed by atoms with Crippen LogP contribution < -0.4 is 5.32 Å². The summed E-state index contributed by atoms with van der Waals surface area (Å²) >= 11 is 3.64. The first-order chi connectivity index (χ1) is 9.33. The third-order valence-electron chi connectivity index (χ3n) is 3.85. The van der Waals surface area contributed by atoms with Crippen molar-refractivity contribution in [1.82, 2.24) is 14.9 Å². The molecule has 100 valence electrons. The number of aromatic nitrogens is 2. The van der Waals surface area contributed by atoms with Gasteiger partial charge in [0.2, 0.25) is 0 Å². The van der Waals surface area contributed by atoms with Gasteiger partial charge in [-0.25, -0.2) is 4.98 Å². The smallest absolute Gasteiger partial charge is 0.0946 e. The number of nitrogens with zero attached hydrogens (tertiary/aromatic N) is 2. The third-order valence-corrected chi connectivity index (χ3v) is 4.57. The quantitative estimate of drug-likeness (QED) is 0.917. The average molecular weight is 320 g/mol. The average Bonchev–Trinajstić information content (AvgIpc) is 2.87. The molecule has 1 heterocycles. The Bertz CT molecular complexity index is 518. The molecule has 4 heteroatoms. The van der Waals surface area contributed by atoms with E-state index in [9.17, 15) is 0 Å². The van der Waals surface area contributed by atoms with E-state index in [1.54, 1.807) is 0 Å². The van der Waals surface area contributed by atoms with Crippen LogP contribution in [0.5, 0.6) is 0 Å². The van der Waals surface area contributed by atoms with Gasteiger partial charge in [0, 0.05) is 36.0 Å². The van der Waals surface area contributed by atoms with Gasteiger partial charge in [0.1, 0.15) is 0 Å². The van der Waals surface area contributed by atoms with Crippen LogP contribution in [0.3, 0.4) is 0 Å². The minimum absolute atomic E-state index is 0.667. The highest BCUT2D eigenvalue weighted by Crippen LogP contribution is 2.39. The Balaban J connectivity index is 1.42. The maximum absolute atomic E-state index is 4.05. The summed E-state index contributed by atoms with van der Waals surface area (Å²) in [6, 6.07) is 9.24.